The van der Waals surface area contributed by atoms with Crippen molar-refractivity contribution in [3.63, 3.8) is 0 Å². The summed E-state index contributed by atoms with van der Waals surface area (Å²) in [4.78, 5) is 17.4. The highest BCUT2D eigenvalue weighted by Crippen LogP contribution is 2.32. The molecule has 0 aliphatic carbocycles. The molecule has 0 spiro atoms. The summed E-state index contributed by atoms with van der Waals surface area (Å²) in [5, 5.41) is 9.49. The predicted octanol–water partition coefficient (Wildman–Crippen LogP) is 4.61. The van der Waals surface area contributed by atoms with Gasteiger partial charge in [-0.2, -0.15) is 5.26 Å². The Labute approximate surface area is 146 Å². The highest BCUT2D eigenvalue weighted by molar-refractivity contribution is 6.35. The summed E-state index contributed by atoms with van der Waals surface area (Å²) in [6, 6.07) is 14.5. The molecule has 0 bridgehead atoms. The molecule has 0 atom stereocenters. The molecule has 1 aliphatic heterocycles. The molecule has 0 saturated heterocycles. The van der Waals surface area contributed by atoms with Crippen LogP contribution in [0.3, 0.4) is 0 Å². The van der Waals surface area contributed by atoms with Crippen molar-refractivity contribution in [2.45, 2.75) is 32.2 Å². The van der Waals surface area contributed by atoms with Crippen molar-refractivity contribution in [1.29, 1.82) is 5.26 Å². The monoisotopic (exact) mass is 336 g/mol. The lowest BCUT2D eigenvalue weighted by molar-refractivity contribution is 0.100. The van der Waals surface area contributed by atoms with Crippen molar-refractivity contribution in [2.24, 2.45) is 4.99 Å². The molecule has 0 N–H and O–H groups in total. The second-order valence-electron chi connectivity index (χ2n) is 6.61. The summed E-state index contributed by atoms with van der Waals surface area (Å²) in [7, 11) is 0. The van der Waals surface area contributed by atoms with Crippen LogP contribution in [0.5, 0.6) is 0 Å². The van der Waals surface area contributed by atoms with Gasteiger partial charge < -0.3 is 0 Å². The number of aliphatic imine (C=N–C) groups is 1. The lowest BCUT2D eigenvalue weighted by Gasteiger charge is -2.29. The molecule has 1 heterocycles. The van der Waals surface area contributed by atoms with Crippen LogP contribution in [0, 0.1) is 11.3 Å². The topological polar surface area (TPSA) is 53.2 Å². The third-order valence-corrected chi connectivity index (χ3v) is 4.43. The van der Waals surface area contributed by atoms with Crippen molar-refractivity contribution in [2.75, 3.05) is 0 Å². The zero-order valence-electron chi connectivity index (χ0n) is 13.6. The summed E-state index contributed by atoms with van der Waals surface area (Å²) >= 11 is 6.37. The van der Waals surface area contributed by atoms with E-state index in [0.29, 0.717) is 16.1 Å². The van der Waals surface area contributed by atoms with Gasteiger partial charge in [-0.25, -0.2) is 0 Å². The van der Waals surface area contributed by atoms with E-state index in [9.17, 15) is 4.79 Å². The van der Waals surface area contributed by atoms with Gasteiger partial charge in [0.2, 0.25) is 0 Å². The van der Waals surface area contributed by atoms with Crippen molar-refractivity contribution in [3.8, 4) is 6.07 Å². The van der Waals surface area contributed by atoms with E-state index < -0.39 is 0 Å². The molecule has 0 aromatic heterocycles. The van der Waals surface area contributed by atoms with Crippen LogP contribution in [-0.4, -0.2) is 17.0 Å². The summed E-state index contributed by atoms with van der Waals surface area (Å²) in [5.74, 6) is -0.0261. The number of carbonyl (C=O) groups excluding carboxylic acids is 1. The fraction of sp³-hybridized carbons (Fsp3) is 0.250. The van der Waals surface area contributed by atoms with Crippen LogP contribution in [0.2, 0.25) is 5.02 Å². The minimum absolute atomic E-state index is 0.0261. The number of nitriles is 1. The fourth-order valence-electron chi connectivity index (χ4n) is 3.08. The van der Waals surface area contributed by atoms with Gasteiger partial charge in [0.25, 0.3) is 0 Å². The molecule has 2 aromatic rings. The number of fused-ring (bicyclic) bond motifs is 1. The third-order valence-electron chi connectivity index (χ3n) is 4.11. The Balaban J connectivity index is 1.94. The number of ketones is 1. The number of hydrogen-bond donors (Lipinski definition) is 0. The number of hydrogen-bond acceptors (Lipinski definition) is 3. The van der Waals surface area contributed by atoms with Crippen molar-refractivity contribution >= 4 is 23.1 Å². The maximum absolute atomic E-state index is 12.6. The van der Waals surface area contributed by atoms with E-state index in [1.807, 2.05) is 18.2 Å². The maximum Gasteiger partial charge on any atom is 0.168 e. The van der Waals surface area contributed by atoms with E-state index >= 15 is 0 Å². The number of Topliss-reactive ketones (excluding diaryl/α,β-unsaturated/α-hetero) is 1. The summed E-state index contributed by atoms with van der Waals surface area (Å²) < 4.78 is 0. The molecule has 0 radical (unpaired) electrons. The van der Waals surface area contributed by atoms with E-state index in [2.05, 4.69) is 19.9 Å². The lowest BCUT2D eigenvalue weighted by atomic mass is 9.85. The second kappa shape index (κ2) is 6.22. The molecule has 3 nitrogen and oxygen atoms in total. The van der Waals surface area contributed by atoms with Gasteiger partial charge in [0.15, 0.2) is 5.78 Å². The van der Waals surface area contributed by atoms with Gasteiger partial charge in [-0.05, 0) is 44.0 Å². The summed E-state index contributed by atoms with van der Waals surface area (Å²) in [6.45, 7) is 4.12. The van der Waals surface area contributed by atoms with Crippen LogP contribution in [0.4, 0.5) is 0 Å². The van der Waals surface area contributed by atoms with Crippen LogP contribution >= 0.6 is 11.6 Å². The second-order valence-corrected chi connectivity index (χ2v) is 7.02. The van der Waals surface area contributed by atoms with Gasteiger partial charge in [0.1, 0.15) is 0 Å². The van der Waals surface area contributed by atoms with Gasteiger partial charge in [-0.15, -0.1) is 0 Å². The van der Waals surface area contributed by atoms with Crippen LogP contribution in [0.1, 0.15) is 47.3 Å². The number of carbonyl (C=O) groups is 1. The fourth-order valence-corrected chi connectivity index (χ4v) is 3.38. The third kappa shape index (κ3) is 3.25. The Morgan fingerprint density at radius 2 is 1.96 bits per heavy atom. The molecular weight excluding hydrogens is 320 g/mol. The summed E-state index contributed by atoms with van der Waals surface area (Å²) in [5.41, 5.74) is 3.62. The van der Waals surface area contributed by atoms with E-state index in [4.69, 9.17) is 21.9 Å². The van der Waals surface area contributed by atoms with Crippen LogP contribution in [-0.2, 0) is 6.42 Å². The number of nitrogens with zero attached hydrogens (tertiary/aromatic N) is 2. The smallest absolute Gasteiger partial charge is 0.168 e. The van der Waals surface area contributed by atoms with E-state index in [0.717, 1.165) is 23.3 Å². The van der Waals surface area contributed by atoms with Crippen LogP contribution in [0.15, 0.2) is 47.5 Å². The van der Waals surface area contributed by atoms with Gasteiger partial charge in [-0.1, -0.05) is 35.9 Å². The van der Waals surface area contributed by atoms with Gasteiger partial charge in [-0.3, -0.25) is 9.79 Å². The molecule has 0 saturated carbocycles. The molecule has 2 aromatic carbocycles. The normalized spacial score (nSPS) is 15.2. The Hall–Kier alpha value is -2.44. The molecule has 120 valence electrons. The van der Waals surface area contributed by atoms with Crippen molar-refractivity contribution < 1.29 is 4.79 Å². The Bertz CT molecular complexity index is 874. The van der Waals surface area contributed by atoms with Crippen molar-refractivity contribution in [3.05, 3.63) is 69.7 Å². The maximum atomic E-state index is 12.6. The quantitative estimate of drug-likeness (QED) is 0.768. The molecule has 24 heavy (non-hydrogen) atoms. The SMILES string of the molecule is CC1(C)Cc2cccc(Cl)c2C(CC(=O)c2ccc(C#N)cc2)=N1. The number of rotatable bonds is 3. The van der Waals surface area contributed by atoms with Crippen LogP contribution < -0.4 is 0 Å². The molecule has 1 aliphatic rings. The Morgan fingerprint density at radius 3 is 2.62 bits per heavy atom. The molecule has 4 heteroatoms. The average molecular weight is 337 g/mol. The predicted molar refractivity (Wildman–Crippen MR) is 95.9 cm³/mol. The zero-order chi connectivity index (χ0) is 17.3. The standard InChI is InChI=1S/C20H17ClN2O/c1-20(2)11-15-4-3-5-16(21)19(15)17(23-20)10-18(24)14-8-6-13(12-22)7-9-14/h3-9H,10-11H2,1-2H3. The molecule has 0 unspecified atom stereocenters. The first-order valence-corrected chi connectivity index (χ1v) is 8.17. The minimum Gasteiger partial charge on any atom is -0.294 e. The van der Waals surface area contributed by atoms with Gasteiger partial charge in [0, 0.05) is 16.1 Å². The lowest BCUT2D eigenvalue weighted by Crippen LogP contribution is -2.30. The number of benzene rings is 2. The summed E-state index contributed by atoms with van der Waals surface area (Å²) in [6.07, 6.45) is 1.00. The first-order valence-electron chi connectivity index (χ1n) is 7.79. The Kier molecular flexibility index (Phi) is 4.26. The Morgan fingerprint density at radius 1 is 1.25 bits per heavy atom. The molecule has 0 fully saturated rings. The molecule has 0 amide bonds. The van der Waals surface area contributed by atoms with E-state index in [1.54, 1.807) is 24.3 Å². The first-order chi connectivity index (χ1) is 11.4. The molecular formula is C20H17ClN2O. The van der Waals surface area contributed by atoms with E-state index in [-0.39, 0.29) is 17.7 Å². The van der Waals surface area contributed by atoms with Gasteiger partial charge in [0.05, 0.1) is 29.3 Å². The van der Waals surface area contributed by atoms with Crippen molar-refractivity contribution in [1.82, 2.24) is 0 Å². The highest BCUT2D eigenvalue weighted by atomic mass is 35.5. The molecule has 3 rings (SSSR count). The van der Waals surface area contributed by atoms with Gasteiger partial charge >= 0.3 is 0 Å². The highest BCUT2D eigenvalue weighted by Gasteiger charge is 2.29. The minimum atomic E-state index is -0.252. The number of halogens is 1. The van der Waals surface area contributed by atoms with Crippen LogP contribution in [0.25, 0.3) is 0 Å². The zero-order valence-corrected chi connectivity index (χ0v) is 14.4. The first kappa shape index (κ1) is 16.4. The largest absolute Gasteiger partial charge is 0.294 e. The average Bonchev–Trinajstić information content (AvgIpc) is 2.53. The van der Waals surface area contributed by atoms with E-state index in [1.165, 1.54) is 0 Å².